The van der Waals surface area contributed by atoms with Crippen molar-refractivity contribution < 1.29 is 9.90 Å². The average molecular weight is 335 g/mol. The summed E-state index contributed by atoms with van der Waals surface area (Å²) in [5.41, 5.74) is 3.34. The van der Waals surface area contributed by atoms with Crippen LogP contribution in [0.25, 0.3) is 22.2 Å². The lowest BCUT2D eigenvalue weighted by Crippen LogP contribution is -2.05. The summed E-state index contributed by atoms with van der Waals surface area (Å²) in [6.07, 6.45) is 1.84. The highest BCUT2D eigenvalue weighted by molar-refractivity contribution is 7.99. The molecule has 24 heavy (non-hydrogen) atoms. The van der Waals surface area contributed by atoms with E-state index in [2.05, 4.69) is 6.58 Å². The number of benzene rings is 2. The van der Waals surface area contributed by atoms with Crippen molar-refractivity contribution in [1.29, 1.82) is 0 Å². The SMILES string of the molecule is C=CCSc1ccc2c(C(=O)O)c(C)c(-c3ccccc3)nc2c1. The Morgan fingerprint density at radius 1 is 1.25 bits per heavy atom. The number of carboxylic acids is 1. The fraction of sp³-hybridized carbons (Fsp3) is 0.100. The smallest absolute Gasteiger partial charge is 0.336 e. The maximum absolute atomic E-state index is 11.8. The molecule has 0 spiro atoms. The van der Waals surface area contributed by atoms with Gasteiger partial charge in [0.1, 0.15) is 0 Å². The minimum atomic E-state index is -0.927. The van der Waals surface area contributed by atoms with Gasteiger partial charge >= 0.3 is 5.97 Å². The summed E-state index contributed by atoms with van der Waals surface area (Å²) in [6.45, 7) is 5.54. The second-order valence-electron chi connectivity index (χ2n) is 5.41. The summed E-state index contributed by atoms with van der Waals surface area (Å²) < 4.78 is 0. The van der Waals surface area contributed by atoms with E-state index in [1.807, 2.05) is 61.5 Å². The van der Waals surface area contributed by atoms with Gasteiger partial charge in [0.25, 0.3) is 0 Å². The van der Waals surface area contributed by atoms with Crippen LogP contribution in [0.15, 0.2) is 66.1 Å². The monoisotopic (exact) mass is 335 g/mol. The predicted molar refractivity (Wildman–Crippen MR) is 99.8 cm³/mol. The lowest BCUT2D eigenvalue weighted by atomic mass is 9.98. The molecule has 0 aliphatic rings. The standard InChI is InChI=1S/C20H17NO2S/c1-3-11-24-15-9-10-16-17(12-15)21-19(13(2)18(16)20(22)23)14-7-5-4-6-8-14/h3-10,12H,1,11H2,2H3,(H,22,23). The molecule has 1 heterocycles. The van der Waals surface area contributed by atoms with E-state index in [0.29, 0.717) is 27.7 Å². The summed E-state index contributed by atoms with van der Waals surface area (Å²) >= 11 is 1.65. The molecule has 0 saturated heterocycles. The maximum Gasteiger partial charge on any atom is 0.336 e. The van der Waals surface area contributed by atoms with Crippen molar-refractivity contribution >= 4 is 28.6 Å². The van der Waals surface area contributed by atoms with Gasteiger partial charge in [-0.3, -0.25) is 0 Å². The Labute approximate surface area is 145 Å². The van der Waals surface area contributed by atoms with Crippen molar-refractivity contribution in [3.05, 3.63) is 72.3 Å². The zero-order chi connectivity index (χ0) is 17.1. The predicted octanol–water partition coefficient (Wildman–Crippen LogP) is 5.19. The molecule has 120 valence electrons. The van der Waals surface area contributed by atoms with Gasteiger partial charge < -0.3 is 5.11 Å². The van der Waals surface area contributed by atoms with Gasteiger partial charge in [-0.25, -0.2) is 9.78 Å². The molecule has 0 unspecified atom stereocenters. The van der Waals surface area contributed by atoms with Crippen molar-refractivity contribution in [3.63, 3.8) is 0 Å². The molecule has 3 rings (SSSR count). The molecule has 0 fully saturated rings. The number of aromatic carboxylic acids is 1. The lowest BCUT2D eigenvalue weighted by Gasteiger charge is -2.13. The Hall–Kier alpha value is -2.59. The van der Waals surface area contributed by atoms with E-state index in [9.17, 15) is 9.90 Å². The van der Waals surface area contributed by atoms with Crippen LogP contribution in [-0.2, 0) is 0 Å². The van der Waals surface area contributed by atoms with Crippen molar-refractivity contribution in [2.24, 2.45) is 0 Å². The molecule has 0 aliphatic carbocycles. The Balaban J connectivity index is 2.27. The van der Waals surface area contributed by atoms with Crippen molar-refractivity contribution in [2.75, 3.05) is 5.75 Å². The van der Waals surface area contributed by atoms with E-state index >= 15 is 0 Å². The van der Waals surface area contributed by atoms with Gasteiger partial charge in [-0.1, -0.05) is 42.5 Å². The molecule has 0 atom stereocenters. The topological polar surface area (TPSA) is 50.2 Å². The Morgan fingerprint density at radius 2 is 2.00 bits per heavy atom. The quantitative estimate of drug-likeness (QED) is 0.515. The summed E-state index contributed by atoms with van der Waals surface area (Å²) in [7, 11) is 0. The first-order valence-corrected chi connectivity index (χ1v) is 8.57. The molecule has 3 aromatic rings. The van der Waals surface area contributed by atoms with Crippen molar-refractivity contribution in [3.8, 4) is 11.3 Å². The van der Waals surface area contributed by atoms with E-state index in [4.69, 9.17) is 4.98 Å². The number of hydrogen-bond acceptors (Lipinski definition) is 3. The lowest BCUT2D eigenvalue weighted by molar-refractivity contribution is 0.0698. The van der Waals surface area contributed by atoms with E-state index in [1.165, 1.54) is 0 Å². The fourth-order valence-corrected chi connectivity index (χ4v) is 3.41. The Bertz CT molecular complexity index is 920. The van der Waals surface area contributed by atoms with Crippen LogP contribution < -0.4 is 0 Å². The molecule has 0 aliphatic heterocycles. The minimum absolute atomic E-state index is 0.319. The molecule has 0 amide bonds. The number of pyridine rings is 1. The van der Waals surface area contributed by atoms with Crippen LogP contribution in [0, 0.1) is 6.92 Å². The van der Waals surface area contributed by atoms with Crippen LogP contribution in [0.3, 0.4) is 0 Å². The van der Waals surface area contributed by atoms with Crippen LogP contribution in [0.5, 0.6) is 0 Å². The Morgan fingerprint density at radius 3 is 2.67 bits per heavy atom. The molecule has 2 aromatic carbocycles. The molecule has 0 bridgehead atoms. The molecule has 4 heteroatoms. The van der Waals surface area contributed by atoms with Crippen LogP contribution >= 0.6 is 11.8 Å². The number of hydrogen-bond donors (Lipinski definition) is 1. The summed E-state index contributed by atoms with van der Waals surface area (Å²) in [5, 5.41) is 10.4. The first kappa shape index (κ1) is 16.3. The average Bonchev–Trinajstić information content (AvgIpc) is 2.59. The zero-order valence-electron chi connectivity index (χ0n) is 13.3. The number of carbonyl (C=O) groups is 1. The highest BCUT2D eigenvalue weighted by Gasteiger charge is 2.18. The number of thioether (sulfide) groups is 1. The third-order valence-corrected chi connectivity index (χ3v) is 4.82. The normalized spacial score (nSPS) is 10.7. The first-order chi connectivity index (χ1) is 11.6. The molecule has 0 saturated carbocycles. The van der Waals surface area contributed by atoms with Gasteiger partial charge in [0.15, 0.2) is 0 Å². The van der Waals surface area contributed by atoms with E-state index < -0.39 is 5.97 Å². The van der Waals surface area contributed by atoms with E-state index in [1.54, 1.807) is 11.8 Å². The first-order valence-electron chi connectivity index (χ1n) is 7.58. The summed E-state index contributed by atoms with van der Waals surface area (Å²) in [5.74, 6) is -0.127. The van der Waals surface area contributed by atoms with Crippen LogP contribution in [0.4, 0.5) is 0 Å². The number of nitrogens with zero attached hydrogens (tertiary/aromatic N) is 1. The molecule has 3 nitrogen and oxygen atoms in total. The van der Waals surface area contributed by atoms with E-state index in [-0.39, 0.29) is 0 Å². The van der Waals surface area contributed by atoms with Crippen LogP contribution in [0.1, 0.15) is 15.9 Å². The zero-order valence-corrected chi connectivity index (χ0v) is 14.1. The number of carboxylic acid groups (broad SMARTS) is 1. The highest BCUT2D eigenvalue weighted by atomic mass is 32.2. The Kier molecular flexibility index (Phi) is 4.67. The number of aromatic nitrogens is 1. The van der Waals surface area contributed by atoms with Gasteiger partial charge in [0.2, 0.25) is 0 Å². The maximum atomic E-state index is 11.8. The highest BCUT2D eigenvalue weighted by Crippen LogP contribution is 2.31. The molecular weight excluding hydrogens is 318 g/mol. The molecular formula is C20H17NO2S. The van der Waals surface area contributed by atoms with Gasteiger partial charge in [0, 0.05) is 21.6 Å². The van der Waals surface area contributed by atoms with Gasteiger partial charge in [-0.05, 0) is 24.6 Å². The number of fused-ring (bicyclic) bond motifs is 1. The number of rotatable bonds is 5. The minimum Gasteiger partial charge on any atom is -0.478 e. The summed E-state index contributed by atoms with van der Waals surface area (Å²) in [4.78, 5) is 17.6. The van der Waals surface area contributed by atoms with Crippen molar-refractivity contribution in [2.45, 2.75) is 11.8 Å². The van der Waals surface area contributed by atoms with Gasteiger partial charge in [-0.2, -0.15) is 0 Å². The van der Waals surface area contributed by atoms with E-state index in [0.717, 1.165) is 16.2 Å². The molecule has 1 aromatic heterocycles. The van der Waals surface area contributed by atoms with Crippen molar-refractivity contribution in [1.82, 2.24) is 4.98 Å². The fourth-order valence-electron chi connectivity index (χ4n) is 2.74. The third kappa shape index (κ3) is 3.05. The summed E-state index contributed by atoms with van der Waals surface area (Å²) in [6, 6.07) is 15.4. The molecule has 1 N–H and O–H groups in total. The van der Waals surface area contributed by atoms with Crippen LogP contribution in [0.2, 0.25) is 0 Å². The second kappa shape index (κ2) is 6.89. The van der Waals surface area contributed by atoms with Gasteiger partial charge in [0.05, 0.1) is 16.8 Å². The van der Waals surface area contributed by atoms with Crippen LogP contribution in [-0.4, -0.2) is 21.8 Å². The third-order valence-electron chi connectivity index (χ3n) is 3.83. The molecule has 0 radical (unpaired) electrons. The largest absolute Gasteiger partial charge is 0.478 e. The van der Waals surface area contributed by atoms with Gasteiger partial charge in [-0.15, -0.1) is 18.3 Å². The second-order valence-corrected chi connectivity index (χ2v) is 6.50.